The summed E-state index contributed by atoms with van der Waals surface area (Å²) in [6, 6.07) is 43.2. The van der Waals surface area contributed by atoms with E-state index in [1.165, 1.54) is 44.2 Å². The van der Waals surface area contributed by atoms with Crippen LogP contribution in [0.2, 0.25) is 0 Å². The first-order valence-electron chi connectivity index (χ1n) is 13.8. The molecule has 0 atom stereocenters. The van der Waals surface area contributed by atoms with Crippen LogP contribution < -0.4 is 0 Å². The molecule has 192 valence electrons. The van der Waals surface area contributed by atoms with Crippen LogP contribution in [0.15, 0.2) is 128 Å². The van der Waals surface area contributed by atoms with Crippen LogP contribution in [-0.4, -0.2) is 9.97 Å². The van der Waals surface area contributed by atoms with E-state index in [1.54, 1.807) is 0 Å². The lowest BCUT2D eigenvalue weighted by atomic mass is 9.80. The van der Waals surface area contributed by atoms with Gasteiger partial charge in [0.05, 0.1) is 16.7 Å². The zero-order valence-corrected chi connectivity index (χ0v) is 23.0. The predicted molar refractivity (Wildman–Crippen MR) is 170 cm³/mol. The van der Waals surface area contributed by atoms with Crippen LogP contribution >= 0.6 is 0 Å². The van der Waals surface area contributed by atoms with E-state index in [4.69, 9.17) is 9.97 Å². The molecular formula is C38H30N2. The molecule has 7 rings (SSSR count). The Hall–Kier alpha value is -4.82. The van der Waals surface area contributed by atoms with Crippen molar-refractivity contribution in [3.05, 3.63) is 133 Å². The van der Waals surface area contributed by atoms with Gasteiger partial charge in [0.1, 0.15) is 0 Å². The van der Waals surface area contributed by atoms with Crippen LogP contribution in [0.5, 0.6) is 0 Å². The maximum absolute atomic E-state index is 5.46. The van der Waals surface area contributed by atoms with Gasteiger partial charge in [-0.3, -0.25) is 4.98 Å². The minimum atomic E-state index is -0.0552. The van der Waals surface area contributed by atoms with E-state index in [1.807, 2.05) is 6.20 Å². The normalized spacial score (nSPS) is 11.9. The Morgan fingerprint density at radius 2 is 1.15 bits per heavy atom. The molecular weight excluding hydrogens is 484 g/mol. The number of nitrogens with zero attached hydrogens (tertiary/aromatic N) is 2. The summed E-state index contributed by atoms with van der Waals surface area (Å²) >= 11 is 0. The molecule has 0 spiro atoms. The van der Waals surface area contributed by atoms with Crippen LogP contribution in [0, 0.1) is 0 Å². The molecule has 2 heterocycles. The van der Waals surface area contributed by atoms with Crippen molar-refractivity contribution >= 4 is 32.6 Å². The molecule has 0 aliphatic carbocycles. The quantitative estimate of drug-likeness (QED) is 0.219. The van der Waals surface area contributed by atoms with Gasteiger partial charge in [0.15, 0.2) is 0 Å². The molecule has 0 unspecified atom stereocenters. The molecule has 0 radical (unpaired) electrons. The molecule has 2 nitrogen and oxygen atoms in total. The van der Waals surface area contributed by atoms with Crippen molar-refractivity contribution in [2.24, 2.45) is 0 Å². The van der Waals surface area contributed by atoms with Gasteiger partial charge in [-0.05, 0) is 56.1 Å². The van der Waals surface area contributed by atoms with E-state index < -0.39 is 0 Å². The first-order valence-corrected chi connectivity index (χ1v) is 13.8. The molecule has 0 amide bonds. The Morgan fingerprint density at radius 3 is 1.85 bits per heavy atom. The van der Waals surface area contributed by atoms with E-state index in [2.05, 4.69) is 142 Å². The maximum atomic E-state index is 5.46. The van der Waals surface area contributed by atoms with Crippen molar-refractivity contribution in [2.45, 2.75) is 26.2 Å². The Balaban J connectivity index is 1.63. The fourth-order valence-electron chi connectivity index (χ4n) is 5.93. The number of hydrogen-bond acceptors (Lipinski definition) is 2. The van der Waals surface area contributed by atoms with Crippen molar-refractivity contribution in [2.75, 3.05) is 0 Å². The average Bonchev–Trinajstić information content (AvgIpc) is 3.00. The summed E-state index contributed by atoms with van der Waals surface area (Å²) in [6.07, 6.45) is 1.92. The molecule has 0 saturated heterocycles. The van der Waals surface area contributed by atoms with E-state index >= 15 is 0 Å². The van der Waals surface area contributed by atoms with E-state index in [0.29, 0.717) is 0 Å². The van der Waals surface area contributed by atoms with Crippen molar-refractivity contribution < 1.29 is 0 Å². The molecule has 40 heavy (non-hydrogen) atoms. The summed E-state index contributed by atoms with van der Waals surface area (Å²) in [5.41, 5.74) is 9.95. The summed E-state index contributed by atoms with van der Waals surface area (Å²) < 4.78 is 0. The van der Waals surface area contributed by atoms with E-state index in [-0.39, 0.29) is 5.41 Å². The number of fused-ring (bicyclic) bond motifs is 4. The summed E-state index contributed by atoms with van der Waals surface area (Å²) in [4.78, 5) is 10.4. The highest BCUT2D eigenvalue weighted by Crippen LogP contribution is 2.42. The van der Waals surface area contributed by atoms with Crippen molar-refractivity contribution in [3.63, 3.8) is 0 Å². The van der Waals surface area contributed by atoms with Crippen LogP contribution in [0.25, 0.3) is 66.1 Å². The predicted octanol–water partition coefficient (Wildman–Crippen LogP) is 10.2. The molecule has 0 fully saturated rings. The van der Waals surface area contributed by atoms with Crippen molar-refractivity contribution in [1.82, 2.24) is 9.97 Å². The summed E-state index contributed by atoms with van der Waals surface area (Å²) in [5.74, 6) is 0. The minimum Gasteiger partial charge on any atom is -0.254 e. The van der Waals surface area contributed by atoms with Crippen molar-refractivity contribution in [3.8, 4) is 33.5 Å². The maximum Gasteiger partial charge on any atom is 0.0978 e. The largest absolute Gasteiger partial charge is 0.254 e. The molecule has 0 N–H and O–H groups in total. The standard InChI is InChI=1S/C38H30N2/c1-38(2,3)33-21-18-27-16-10-11-17-29(27)35(33)34-24-32(26-14-8-5-9-15-26)31-20-19-30-28(25-12-6-4-7-13-25)22-23-39-36(30)37(31)40-34/h4-24H,1-3H3. The molecule has 0 aliphatic rings. The lowest BCUT2D eigenvalue weighted by Crippen LogP contribution is -2.13. The summed E-state index contributed by atoms with van der Waals surface area (Å²) in [5, 5.41) is 4.66. The fraction of sp³-hybridized carbons (Fsp3) is 0.105. The van der Waals surface area contributed by atoms with E-state index in [0.717, 1.165) is 27.5 Å². The Morgan fingerprint density at radius 1 is 0.525 bits per heavy atom. The average molecular weight is 515 g/mol. The Kier molecular flexibility index (Phi) is 5.71. The molecule has 0 aliphatic heterocycles. The number of rotatable bonds is 3. The van der Waals surface area contributed by atoms with Gasteiger partial charge >= 0.3 is 0 Å². The van der Waals surface area contributed by atoms with Crippen LogP contribution in [0.4, 0.5) is 0 Å². The highest BCUT2D eigenvalue weighted by molar-refractivity contribution is 6.13. The molecule has 5 aromatic carbocycles. The summed E-state index contributed by atoms with van der Waals surface area (Å²) in [7, 11) is 0. The monoisotopic (exact) mass is 514 g/mol. The highest BCUT2D eigenvalue weighted by atomic mass is 14.8. The Bertz CT molecular complexity index is 2020. The van der Waals surface area contributed by atoms with Gasteiger partial charge in [-0.25, -0.2) is 4.98 Å². The van der Waals surface area contributed by atoms with Gasteiger partial charge in [0, 0.05) is 22.5 Å². The Labute approximate surface area is 235 Å². The second kappa shape index (κ2) is 9.43. The highest BCUT2D eigenvalue weighted by Gasteiger charge is 2.23. The SMILES string of the molecule is CC(C)(C)c1ccc2ccccc2c1-c1cc(-c2ccccc2)c2ccc3c(-c4ccccc4)ccnc3c2n1. The molecule has 2 heteroatoms. The van der Waals surface area contributed by atoms with Gasteiger partial charge in [-0.15, -0.1) is 0 Å². The first-order chi connectivity index (χ1) is 19.5. The van der Waals surface area contributed by atoms with Gasteiger partial charge in [0.2, 0.25) is 0 Å². The van der Waals surface area contributed by atoms with Crippen molar-refractivity contribution in [1.29, 1.82) is 0 Å². The third-order valence-corrected chi connectivity index (χ3v) is 7.85. The van der Waals surface area contributed by atoms with E-state index in [9.17, 15) is 0 Å². The molecule has 2 aromatic heterocycles. The lowest BCUT2D eigenvalue weighted by Gasteiger charge is -2.25. The number of hydrogen-bond donors (Lipinski definition) is 0. The number of benzene rings is 5. The zero-order valence-electron chi connectivity index (χ0n) is 23.0. The van der Waals surface area contributed by atoms with Crippen LogP contribution in [0.1, 0.15) is 26.3 Å². The minimum absolute atomic E-state index is 0.0552. The molecule has 0 saturated carbocycles. The smallest absolute Gasteiger partial charge is 0.0978 e. The topological polar surface area (TPSA) is 25.8 Å². The summed E-state index contributed by atoms with van der Waals surface area (Å²) in [6.45, 7) is 6.84. The van der Waals surface area contributed by atoms with Gasteiger partial charge in [0.25, 0.3) is 0 Å². The third kappa shape index (κ3) is 4.04. The second-order valence-electron chi connectivity index (χ2n) is 11.5. The molecule has 7 aromatic rings. The molecule has 0 bridgehead atoms. The lowest BCUT2D eigenvalue weighted by molar-refractivity contribution is 0.592. The van der Waals surface area contributed by atoms with Crippen LogP contribution in [0.3, 0.4) is 0 Å². The number of aromatic nitrogens is 2. The third-order valence-electron chi connectivity index (χ3n) is 7.85. The first kappa shape index (κ1) is 24.2. The van der Waals surface area contributed by atoms with Gasteiger partial charge in [-0.1, -0.05) is 130 Å². The second-order valence-corrected chi connectivity index (χ2v) is 11.5. The zero-order chi connectivity index (χ0) is 27.3. The fourth-order valence-corrected chi connectivity index (χ4v) is 5.93. The van der Waals surface area contributed by atoms with Gasteiger partial charge in [-0.2, -0.15) is 0 Å². The van der Waals surface area contributed by atoms with Crippen LogP contribution in [-0.2, 0) is 5.41 Å². The van der Waals surface area contributed by atoms with Gasteiger partial charge < -0.3 is 0 Å². The number of pyridine rings is 2.